The average molecular weight is 297 g/mol. The van der Waals surface area contributed by atoms with E-state index in [1.165, 1.54) is 18.2 Å². The normalized spacial score (nSPS) is 11.5. The van der Waals surface area contributed by atoms with Gasteiger partial charge in [0.15, 0.2) is 5.96 Å². The van der Waals surface area contributed by atoms with Gasteiger partial charge in [-0.2, -0.15) is 11.8 Å². The molecule has 112 valence electrons. The third-order valence-corrected chi connectivity index (χ3v) is 3.67. The number of hydrogen-bond donors (Lipinski definition) is 2. The minimum absolute atomic E-state index is 0.162. The molecule has 1 aromatic carbocycles. The summed E-state index contributed by atoms with van der Waals surface area (Å²) in [6.45, 7) is 3.34. The molecule has 0 aliphatic carbocycles. The van der Waals surface area contributed by atoms with E-state index in [2.05, 4.69) is 21.9 Å². The molecule has 0 aliphatic rings. The summed E-state index contributed by atoms with van der Waals surface area (Å²) in [5.41, 5.74) is 1.72. The lowest BCUT2D eigenvalue weighted by molar-refractivity contribution is 0.617. The maximum atomic E-state index is 13.2. The van der Waals surface area contributed by atoms with E-state index in [9.17, 15) is 4.39 Å². The van der Waals surface area contributed by atoms with Gasteiger partial charge >= 0.3 is 0 Å². The molecular formula is C15H24FN3S. The van der Waals surface area contributed by atoms with E-state index < -0.39 is 0 Å². The van der Waals surface area contributed by atoms with E-state index in [4.69, 9.17) is 0 Å². The second kappa shape index (κ2) is 9.64. The Hall–Kier alpha value is -1.23. The smallest absolute Gasteiger partial charge is 0.191 e. The SMILES string of the molecule is CN=C(NCCCCSC)NCc1ccc(F)c(C)c1. The largest absolute Gasteiger partial charge is 0.356 e. The van der Waals surface area contributed by atoms with Crippen molar-refractivity contribution in [3.63, 3.8) is 0 Å². The van der Waals surface area contributed by atoms with Gasteiger partial charge in [-0.1, -0.05) is 12.1 Å². The number of thioether (sulfide) groups is 1. The van der Waals surface area contributed by atoms with Gasteiger partial charge in [0.25, 0.3) is 0 Å². The summed E-state index contributed by atoms with van der Waals surface area (Å²) < 4.78 is 13.2. The molecule has 5 heteroatoms. The van der Waals surface area contributed by atoms with Gasteiger partial charge in [-0.25, -0.2) is 4.39 Å². The van der Waals surface area contributed by atoms with Crippen molar-refractivity contribution in [1.82, 2.24) is 10.6 Å². The third kappa shape index (κ3) is 6.28. The molecule has 0 fully saturated rings. The number of rotatable bonds is 7. The lowest BCUT2D eigenvalue weighted by Gasteiger charge is -2.12. The highest BCUT2D eigenvalue weighted by Crippen LogP contribution is 2.08. The van der Waals surface area contributed by atoms with Crippen LogP contribution in [0, 0.1) is 12.7 Å². The molecule has 0 aromatic heterocycles. The van der Waals surface area contributed by atoms with Crippen molar-refractivity contribution in [2.24, 2.45) is 4.99 Å². The zero-order chi connectivity index (χ0) is 14.8. The van der Waals surface area contributed by atoms with Gasteiger partial charge in [-0.05, 0) is 49.0 Å². The van der Waals surface area contributed by atoms with Crippen LogP contribution in [-0.4, -0.2) is 31.6 Å². The predicted octanol–water partition coefficient (Wildman–Crippen LogP) is 2.94. The molecule has 0 radical (unpaired) electrons. The van der Waals surface area contributed by atoms with E-state index in [0.29, 0.717) is 12.1 Å². The number of nitrogens with one attached hydrogen (secondary N) is 2. The Morgan fingerprint density at radius 3 is 2.75 bits per heavy atom. The summed E-state index contributed by atoms with van der Waals surface area (Å²) in [5, 5.41) is 6.51. The van der Waals surface area contributed by atoms with Crippen LogP contribution >= 0.6 is 11.8 Å². The average Bonchev–Trinajstić information content (AvgIpc) is 2.45. The summed E-state index contributed by atoms with van der Waals surface area (Å²) in [6.07, 6.45) is 4.47. The van der Waals surface area contributed by atoms with Gasteiger partial charge in [0.2, 0.25) is 0 Å². The number of halogens is 1. The minimum Gasteiger partial charge on any atom is -0.356 e. The van der Waals surface area contributed by atoms with Crippen LogP contribution in [0.25, 0.3) is 0 Å². The monoisotopic (exact) mass is 297 g/mol. The van der Waals surface area contributed by atoms with Crippen LogP contribution in [0.3, 0.4) is 0 Å². The van der Waals surface area contributed by atoms with Crippen LogP contribution in [0.4, 0.5) is 4.39 Å². The van der Waals surface area contributed by atoms with Crippen molar-refractivity contribution in [2.45, 2.75) is 26.3 Å². The van der Waals surface area contributed by atoms with Crippen LogP contribution in [0.5, 0.6) is 0 Å². The van der Waals surface area contributed by atoms with E-state index in [1.54, 1.807) is 20.0 Å². The molecule has 0 unspecified atom stereocenters. The first-order valence-electron chi connectivity index (χ1n) is 6.86. The fourth-order valence-electron chi connectivity index (χ4n) is 1.80. The predicted molar refractivity (Wildman–Crippen MR) is 87.0 cm³/mol. The van der Waals surface area contributed by atoms with Crippen molar-refractivity contribution < 1.29 is 4.39 Å². The van der Waals surface area contributed by atoms with Gasteiger partial charge < -0.3 is 10.6 Å². The standard InChI is InChI=1S/C15H24FN3S/c1-12-10-13(6-7-14(12)16)11-19-15(17-2)18-8-4-5-9-20-3/h6-7,10H,4-5,8-9,11H2,1-3H3,(H2,17,18,19). The van der Waals surface area contributed by atoms with Gasteiger partial charge in [0, 0.05) is 20.1 Å². The molecule has 1 aromatic rings. The first kappa shape index (κ1) is 16.8. The maximum Gasteiger partial charge on any atom is 0.191 e. The van der Waals surface area contributed by atoms with Crippen LogP contribution < -0.4 is 10.6 Å². The number of hydrogen-bond acceptors (Lipinski definition) is 2. The number of aryl methyl sites for hydroxylation is 1. The van der Waals surface area contributed by atoms with E-state index >= 15 is 0 Å². The van der Waals surface area contributed by atoms with E-state index in [1.807, 2.05) is 17.8 Å². The Labute approximate surface area is 125 Å². The molecule has 0 heterocycles. The molecular weight excluding hydrogens is 273 g/mol. The second-order valence-electron chi connectivity index (χ2n) is 4.64. The number of nitrogens with zero attached hydrogens (tertiary/aromatic N) is 1. The zero-order valence-corrected chi connectivity index (χ0v) is 13.3. The maximum absolute atomic E-state index is 13.2. The summed E-state index contributed by atoms with van der Waals surface area (Å²) in [7, 11) is 1.76. The van der Waals surface area contributed by atoms with Gasteiger partial charge in [-0.3, -0.25) is 4.99 Å². The molecule has 0 atom stereocenters. The third-order valence-electron chi connectivity index (χ3n) is 2.97. The zero-order valence-electron chi connectivity index (χ0n) is 12.5. The minimum atomic E-state index is -0.162. The second-order valence-corrected chi connectivity index (χ2v) is 5.62. The lowest BCUT2D eigenvalue weighted by Crippen LogP contribution is -2.37. The summed E-state index contributed by atoms with van der Waals surface area (Å²) in [4.78, 5) is 4.18. The number of guanidine groups is 1. The molecule has 1 rings (SSSR count). The molecule has 20 heavy (non-hydrogen) atoms. The molecule has 3 nitrogen and oxygen atoms in total. The highest BCUT2D eigenvalue weighted by molar-refractivity contribution is 7.98. The Bertz CT molecular complexity index is 435. The highest BCUT2D eigenvalue weighted by atomic mass is 32.2. The Morgan fingerprint density at radius 2 is 2.10 bits per heavy atom. The van der Waals surface area contributed by atoms with Crippen molar-refractivity contribution in [3.05, 3.63) is 35.1 Å². The van der Waals surface area contributed by atoms with Gasteiger partial charge in [0.1, 0.15) is 5.82 Å². The summed E-state index contributed by atoms with van der Waals surface area (Å²) >= 11 is 1.87. The van der Waals surface area contributed by atoms with Crippen molar-refractivity contribution in [2.75, 3.05) is 25.6 Å². The van der Waals surface area contributed by atoms with Crippen molar-refractivity contribution >= 4 is 17.7 Å². The summed E-state index contributed by atoms with van der Waals surface area (Å²) in [5.74, 6) is 1.82. The fourth-order valence-corrected chi connectivity index (χ4v) is 2.29. The Kier molecular flexibility index (Phi) is 8.11. The Balaban J connectivity index is 2.32. The van der Waals surface area contributed by atoms with E-state index in [0.717, 1.165) is 24.5 Å². The van der Waals surface area contributed by atoms with Crippen LogP contribution in [0.1, 0.15) is 24.0 Å². The number of benzene rings is 1. The molecule has 0 spiro atoms. The molecule has 0 amide bonds. The molecule has 0 saturated carbocycles. The highest BCUT2D eigenvalue weighted by Gasteiger charge is 2.01. The number of aliphatic imine (C=N–C) groups is 1. The molecule has 0 saturated heterocycles. The fraction of sp³-hybridized carbons (Fsp3) is 0.533. The van der Waals surface area contributed by atoms with Gasteiger partial charge in [-0.15, -0.1) is 0 Å². The van der Waals surface area contributed by atoms with E-state index in [-0.39, 0.29) is 5.82 Å². The van der Waals surface area contributed by atoms with Crippen LogP contribution in [-0.2, 0) is 6.54 Å². The van der Waals surface area contributed by atoms with Crippen molar-refractivity contribution in [1.29, 1.82) is 0 Å². The Morgan fingerprint density at radius 1 is 1.30 bits per heavy atom. The summed E-state index contributed by atoms with van der Waals surface area (Å²) in [6, 6.07) is 5.15. The molecule has 0 aliphatic heterocycles. The first-order chi connectivity index (χ1) is 9.67. The van der Waals surface area contributed by atoms with Gasteiger partial charge in [0.05, 0.1) is 0 Å². The van der Waals surface area contributed by atoms with Crippen LogP contribution in [0.15, 0.2) is 23.2 Å². The molecule has 0 bridgehead atoms. The quantitative estimate of drug-likeness (QED) is 0.461. The number of unbranched alkanes of at least 4 members (excludes halogenated alkanes) is 1. The first-order valence-corrected chi connectivity index (χ1v) is 8.25. The van der Waals surface area contributed by atoms with Crippen molar-refractivity contribution in [3.8, 4) is 0 Å². The molecule has 2 N–H and O–H groups in total. The lowest BCUT2D eigenvalue weighted by atomic mass is 10.1. The van der Waals surface area contributed by atoms with Crippen LogP contribution in [0.2, 0.25) is 0 Å². The topological polar surface area (TPSA) is 36.4 Å².